The lowest BCUT2D eigenvalue weighted by atomic mass is 9.81. The van der Waals surface area contributed by atoms with Gasteiger partial charge in [-0.3, -0.25) is 9.59 Å². The van der Waals surface area contributed by atoms with Crippen LogP contribution in [0.5, 0.6) is 0 Å². The Morgan fingerprint density at radius 3 is 2.67 bits per heavy atom. The van der Waals surface area contributed by atoms with Crippen molar-refractivity contribution in [2.24, 2.45) is 27.8 Å². The molecule has 0 aromatic heterocycles. The van der Waals surface area contributed by atoms with E-state index in [4.69, 9.17) is 16.2 Å². The van der Waals surface area contributed by atoms with Crippen LogP contribution in [0.2, 0.25) is 0 Å². The Kier molecular flexibility index (Phi) is 7.14. The van der Waals surface area contributed by atoms with Gasteiger partial charge >= 0.3 is 0 Å². The maximum absolute atomic E-state index is 13.2. The molecule has 3 aliphatic rings. The Morgan fingerprint density at radius 1 is 1.30 bits per heavy atom. The minimum absolute atomic E-state index is 0.000105. The van der Waals surface area contributed by atoms with Crippen molar-refractivity contribution in [2.75, 3.05) is 13.2 Å². The molecule has 1 saturated heterocycles. The Hall–Kier alpha value is -1.99. The van der Waals surface area contributed by atoms with Crippen LogP contribution in [-0.2, 0) is 14.3 Å². The largest absolute Gasteiger partial charge is 0.395 e. The number of aliphatic imine (C=N–C) groups is 1. The van der Waals surface area contributed by atoms with Gasteiger partial charge in [0.25, 0.3) is 0 Å². The molecule has 3 unspecified atom stereocenters. The summed E-state index contributed by atoms with van der Waals surface area (Å²) in [5.41, 5.74) is 14.6. The molecule has 0 aromatic carbocycles. The standard InChI is InChI=1S/C23H35N3O4/c1-3-6-17(20(29)16-7-4-5-8-18(16)28)19(24)22(25)26-21-15(14(2)27)9-10-23(21)11-12-30-13-23/h14,16,27H,3-13,24H2,1-2H3,(H2,25,26)/b19-17-. The van der Waals surface area contributed by atoms with Crippen molar-refractivity contribution in [1.82, 2.24) is 0 Å². The van der Waals surface area contributed by atoms with E-state index >= 15 is 0 Å². The van der Waals surface area contributed by atoms with E-state index in [1.54, 1.807) is 6.92 Å². The van der Waals surface area contributed by atoms with Gasteiger partial charge in [0, 0.05) is 24.0 Å². The molecule has 7 nitrogen and oxygen atoms in total. The number of allylic oxidation sites excluding steroid dienone is 1. The third-order valence-corrected chi connectivity index (χ3v) is 6.79. The van der Waals surface area contributed by atoms with Gasteiger partial charge in [0.2, 0.25) is 0 Å². The number of aliphatic hydroxyl groups is 1. The van der Waals surface area contributed by atoms with Gasteiger partial charge in [-0.05, 0) is 51.0 Å². The molecule has 0 aromatic rings. The van der Waals surface area contributed by atoms with Gasteiger partial charge in [0.1, 0.15) is 11.6 Å². The number of nitrogens with two attached hydrogens (primary N) is 2. The van der Waals surface area contributed by atoms with Crippen LogP contribution in [0.1, 0.15) is 71.6 Å². The van der Waals surface area contributed by atoms with Crippen LogP contribution in [-0.4, -0.2) is 41.8 Å². The maximum Gasteiger partial charge on any atom is 0.171 e. The molecular weight excluding hydrogens is 382 g/mol. The molecule has 166 valence electrons. The monoisotopic (exact) mass is 417 g/mol. The van der Waals surface area contributed by atoms with Gasteiger partial charge in [-0.25, -0.2) is 4.99 Å². The number of amidine groups is 1. The highest BCUT2D eigenvalue weighted by Crippen LogP contribution is 2.50. The van der Waals surface area contributed by atoms with Crippen LogP contribution in [0.3, 0.4) is 0 Å². The van der Waals surface area contributed by atoms with Gasteiger partial charge in [0.15, 0.2) is 5.78 Å². The molecule has 30 heavy (non-hydrogen) atoms. The first kappa shape index (κ1) is 22.7. The molecule has 2 fully saturated rings. The number of hydrogen-bond donors (Lipinski definition) is 3. The van der Waals surface area contributed by atoms with Crippen LogP contribution >= 0.6 is 0 Å². The molecule has 1 saturated carbocycles. The zero-order valence-corrected chi connectivity index (χ0v) is 18.2. The molecule has 0 amide bonds. The maximum atomic E-state index is 13.2. The molecule has 5 N–H and O–H groups in total. The van der Waals surface area contributed by atoms with Gasteiger partial charge in [0.05, 0.1) is 30.0 Å². The summed E-state index contributed by atoms with van der Waals surface area (Å²) >= 11 is 0. The summed E-state index contributed by atoms with van der Waals surface area (Å²) in [7, 11) is 0. The summed E-state index contributed by atoms with van der Waals surface area (Å²) in [6, 6.07) is 0. The van der Waals surface area contributed by atoms with E-state index in [9.17, 15) is 14.7 Å². The van der Waals surface area contributed by atoms with Crippen molar-refractivity contribution in [3.8, 4) is 0 Å². The fourth-order valence-corrected chi connectivity index (χ4v) is 4.99. The lowest BCUT2D eigenvalue weighted by molar-refractivity contribution is -0.132. The summed E-state index contributed by atoms with van der Waals surface area (Å²) in [6.07, 6.45) is 5.73. The number of ether oxygens (including phenoxy) is 1. The van der Waals surface area contributed by atoms with Crippen LogP contribution in [0.4, 0.5) is 0 Å². The fourth-order valence-electron chi connectivity index (χ4n) is 4.99. The van der Waals surface area contributed by atoms with Crippen LogP contribution in [0.25, 0.3) is 0 Å². The third-order valence-electron chi connectivity index (χ3n) is 6.79. The second-order valence-electron chi connectivity index (χ2n) is 8.90. The topological polar surface area (TPSA) is 128 Å². The van der Waals surface area contributed by atoms with Crippen LogP contribution in [0, 0.1) is 11.3 Å². The second-order valence-corrected chi connectivity index (χ2v) is 8.90. The van der Waals surface area contributed by atoms with E-state index in [0.29, 0.717) is 38.0 Å². The molecule has 1 aliphatic heterocycles. The number of carbonyl (C=O) groups is 2. The van der Waals surface area contributed by atoms with Gasteiger partial charge in [-0.15, -0.1) is 0 Å². The fraction of sp³-hybridized carbons (Fsp3) is 0.696. The van der Waals surface area contributed by atoms with Crippen molar-refractivity contribution in [3.05, 3.63) is 22.5 Å². The predicted molar refractivity (Wildman–Crippen MR) is 116 cm³/mol. The van der Waals surface area contributed by atoms with Crippen molar-refractivity contribution in [3.63, 3.8) is 0 Å². The quantitative estimate of drug-likeness (QED) is 0.253. The molecule has 0 radical (unpaired) electrons. The molecular formula is C23H35N3O4. The van der Waals surface area contributed by atoms with Gasteiger partial charge in [-0.2, -0.15) is 0 Å². The average molecular weight is 418 g/mol. The Bertz CT molecular complexity index is 788. The van der Waals surface area contributed by atoms with Crippen LogP contribution in [0.15, 0.2) is 27.5 Å². The Balaban J connectivity index is 1.98. The first-order valence-corrected chi connectivity index (χ1v) is 11.2. The van der Waals surface area contributed by atoms with Crippen molar-refractivity contribution in [1.29, 1.82) is 0 Å². The van der Waals surface area contributed by atoms with Crippen molar-refractivity contribution < 1.29 is 19.4 Å². The summed E-state index contributed by atoms with van der Waals surface area (Å²) < 4.78 is 5.64. The van der Waals surface area contributed by atoms with E-state index in [1.165, 1.54) is 0 Å². The lowest BCUT2D eigenvalue weighted by Gasteiger charge is -2.24. The summed E-state index contributed by atoms with van der Waals surface area (Å²) in [5, 5.41) is 10.3. The molecule has 1 spiro atoms. The number of ketones is 2. The number of carbonyl (C=O) groups excluding carboxylic acids is 2. The zero-order chi connectivity index (χ0) is 21.9. The number of nitrogens with zero attached hydrogens (tertiary/aromatic N) is 1. The minimum atomic E-state index is -0.627. The van der Waals surface area contributed by atoms with Crippen LogP contribution < -0.4 is 11.5 Å². The number of Topliss-reactive ketones (excluding diaryl/α,β-unsaturated/α-hetero) is 2. The average Bonchev–Trinajstić information content (AvgIpc) is 3.33. The van der Waals surface area contributed by atoms with E-state index in [2.05, 4.69) is 4.99 Å². The van der Waals surface area contributed by atoms with Gasteiger partial charge in [-0.1, -0.05) is 19.8 Å². The molecule has 2 aliphatic carbocycles. The highest BCUT2D eigenvalue weighted by Gasteiger charge is 2.45. The normalized spacial score (nSPS) is 29.5. The molecule has 3 atom stereocenters. The molecule has 1 heterocycles. The predicted octanol–water partition coefficient (Wildman–Crippen LogP) is 2.52. The lowest BCUT2D eigenvalue weighted by Crippen LogP contribution is -2.33. The van der Waals surface area contributed by atoms with Crippen molar-refractivity contribution >= 4 is 17.4 Å². The smallest absolute Gasteiger partial charge is 0.171 e. The van der Waals surface area contributed by atoms with Gasteiger partial charge < -0.3 is 21.3 Å². The highest BCUT2D eigenvalue weighted by molar-refractivity contribution is 6.14. The SMILES string of the molecule is CCC/C(C(=O)C1CCCCC1=O)=C(/N)C(N)=NC1=C(C(C)O)CCC12CCOC2. The highest BCUT2D eigenvalue weighted by atomic mass is 16.5. The minimum Gasteiger partial charge on any atom is -0.395 e. The number of rotatable bonds is 7. The van der Waals surface area contributed by atoms with E-state index in [1.807, 2.05) is 6.92 Å². The van der Waals surface area contributed by atoms with E-state index in [0.717, 1.165) is 49.8 Å². The summed E-state index contributed by atoms with van der Waals surface area (Å²) in [4.78, 5) is 30.1. The van der Waals surface area contributed by atoms with E-state index in [-0.39, 0.29) is 28.5 Å². The molecule has 3 rings (SSSR count). The van der Waals surface area contributed by atoms with Crippen molar-refractivity contribution in [2.45, 2.75) is 77.7 Å². The third kappa shape index (κ3) is 4.37. The summed E-state index contributed by atoms with van der Waals surface area (Å²) in [5.74, 6) is -0.719. The molecule has 7 heteroatoms. The summed E-state index contributed by atoms with van der Waals surface area (Å²) in [6.45, 7) is 4.90. The second kappa shape index (κ2) is 9.43. The number of hydrogen-bond acceptors (Lipinski definition) is 6. The van der Waals surface area contributed by atoms with E-state index < -0.39 is 12.0 Å². The zero-order valence-electron chi connectivity index (χ0n) is 18.2. The first-order valence-electron chi connectivity index (χ1n) is 11.2. The Morgan fingerprint density at radius 2 is 2.07 bits per heavy atom. The Labute approximate surface area is 178 Å². The molecule has 0 bridgehead atoms. The number of aliphatic hydroxyl groups excluding tert-OH is 1. The first-order chi connectivity index (χ1) is 14.3.